The molecule has 148 valence electrons. The zero-order valence-electron chi connectivity index (χ0n) is 16.5. The lowest BCUT2D eigenvalue weighted by Gasteiger charge is -2.41. The number of nitrogens with two attached hydrogens (primary N) is 1. The van der Waals surface area contributed by atoms with Gasteiger partial charge in [0.05, 0.1) is 11.8 Å². The molecule has 1 saturated carbocycles. The van der Waals surface area contributed by atoms with E-state index in [-0.39, 0.29) is 17.9 Å². The second-order valence-electron chi connectivity index (χ2n) is 8.54. The van der Waals surface area contributed by atoms with Crippen LogP contribution in [0.2, 0.25) is 0 Å². The van der Waals surface area contributed by atoms with Gasteiger partial charge in [0.25, 0.3) is 0 Å². The fraction of sp³-hybridized carbons (Fsp3) is 0.636. The smallest absolute Gasteiger partial charge is 0.224 e. The van der Waals surface area contributed by atoms with Gasteiger partial charge in [0.15, 0.2) is 0 Å². The van der Waals surface area contributed by atoms with E-state index in [0.29, 0.717) is 12.3 Å². The Hall–Kier alpha value is -1.88. The summed E-state index contributed by atoms with van der Waals surface area (Å²) in [7, 11) is 0. The van der Waals surface area contributed by atoms with Crippen molar-refractivity contribution < 1.29 is 9.59 Å². The number of benzene rings is 1. The van der Waals surface area contributed by atoms with Gasteiger partial charge in [0, 0.05) is 12.6 Å². The van der Waals surface area contributed by atoms with Gasteiger partial charge in [-0.1, -0.05) is 30.3 Å². The SMILES string of the molecule is CC(CN1CCCC1)(C(N)=O)C1CCC(NC(=O)Cc2ccccc2)CC1. The van der Waals surface area contributed by atoms with Crippen LogP contribution >= 0.6 is 0 Å². The van der Waals surface area contributed by atoms with Crippen LogP contribution in [0.1, 0.15) is 51.0 Å². The van der Waals surface area contributed by atoms with E-state index in [1.807, 2.05) is 37.3 Å². The predicted molar refractivity (Wildman–Crippen MR) is 107 cm³/mol. The highest BCUT2D eigenvalue weighted by Gasteiger charge is 2.43. The lowest BCUT2D eigenvalue weighted by molar-refractivity contribution is -0.132. The molecule has 1 aliphatic carbocycles. The molecular weight excluding hydrogens is 338 g/mol. The molecular formula is C22H33N3O2. The van der Waals surface area contributed by atoms with Gasteiger partial charge in [-0.25, -0.2) is 0 Å². The monoisotopic (exact) mass is 371 g/mol. The zero-order chi connectivity index (χ0) is 19.3. The van der Waals surface area contributed by atoms with Crippen molar-refractivity contribution in [2.45, 2.75) is 57.9 Å². The van der Waals surface area contributed by atoms with Crippen molar-refractivity contribution in [3.63, 3.8) is 0 Å². The first-order valence-electron chi connectivity index (χ1n) is 10.3. The number of rotatable bonds is 7. The van der Waals surface area contributed by atoms with Crippen molar-refractivity contribution in [3.05, 3.63) is 35.9 Å². The maximum absolute atomic E-state index is 12.3. The maximum Gasteiger partial charge on any atom is 0.224 e. The molecule has 1 aliphatic heterocycles. The van der Waals surface area contributed by atoms with Gasteiger partial charge in [-0.2, -0.15) is 0 Å². The number of hydrogen-bond donors (Lipinski definition) is 2. The Labute approximate surface area is 162 Å². The minimum absolute atomic E-state index is 0.0828. The Kier molecular flexibility index (Phi) is 6.53. The third kappa shape index (κ3) is 5.10. The number of carbonyl (C=O) groups is 2. The number of carbonyl (C=O) groups excluding carboxylic acids is 2. The molecule has 1 unspecified atom stereocenters. The third-order valence-electron chi connectivity index (χ3n) is 6.51. The van der Waals surface area contributed by atoms with Crippen LogP contribution in [0.5, 0.6) is 0 Å². The van der Waals surface area contributed by atoms with Crippen molar-refractivity contribution in [2.75, 3.05) is 19.6 Å². The summed E-state index contributed by atoms with van der Waals surface area (Å²) in [5, 5.41) is 3.18. The molecule has 1 aromatic carbocycles. The van der Waals surface area contributed by atoms with Crippen LogP contribution in [0, 0.1) is 11.3 Å². The van der Waals surface area contributed by atoms with Crippen LogP contribution in [-0.4, -0.2) is 42.4 Å². The van der Waals surface area contributed by atoms with E-state index >= 15 is 0 Å². The van der Waals surface area contributed by atoms with E-state index in [9.17, 15) is 9.59 Å². The highest BCUT2D eigenvalue weighted by Crippen LogP contribution is 2.39. The van der Waals surface area contributed by atoms with E-state index in [2.05, 4.69) is 10.2 Å². The van der Waals surface area contributed by atoms with E-state index in [4.69, 9.17) is 5.73 Å². The average molecular weight is 372 g/mol. The van der Waals surface area contributed by atoms with Gasteiger partial charge >= 0.3 is 0 Å². The van der Waals surface area contributed by atoms with Gasteiger partial charge in [-0.3, -0.25) is 9.59 Å². The number of amides is 2. The summed E-state index contributed by atoms with van der Waals surface area (Å²) >= 11 is 0. The quantitative estimate of drug-likeness (QED) is 0.773. The van der Waals surface area contributed by atoms with Gasteiger partial charge in [0.2, 0.25) is 11.8 Å². The summed E-state index contributed by atoms with van der Waals surface area (Å²) in [6.07, 6.45) is 6.61. The fourth-order valence-corrected chi connectivity index (χ4v) is 4.75. The molecule has 5 heteroatoms. The van der Waals surface area contributed by atoms with Crippen LogP contribution in [0.3, 0.4) is 0 Å². The van der Waals surface area contributed by atoms with E-state index in [1.54, 1.807) is 0 Å². The average Bonchev–Trinajstić information content (AvgIpc) is 3.15. The molecule has 2 fully saturated rings. The van der Waals surface area contributed by atoms with Gasteiger partial charge < -0.3 is 16.0 Å². The Morgan fingerprint density at radius 1 is 1.11 bits per heavy atom. The normalized spacial score (nSPS) is 25.7. The van der Waals surface area contributed by atoms with Crippen molar-refractivity contribution in [2.24, 2.45) is 17.1 Å². The Morgan fingerprint density at radius 2 is 1.74 bits per heavy atom. The molecule has 3 N–H and O–H groups in total. The first kappa shape index (κ1) is 19.9. The van der Waals surface area contributed by atoms with Crippen molar-refractivity contribution >= 4 is 11.8 Å². The first-order chi connectivity index (χ1) is 13.0. The molecule has 2 aliphatic rings. The lowest BCUT2D eigenvalue weighted by atomic mass is 9.68. The van der Waals surface area contributed by atoms with Crippen molar-refractivity contribution in [1.82, 2.24) is 10.2 Å². The molecule has 0 aromatic heterocycles. The van der Waals surface area contributed by atoms with Crippen LogP contribution in [0.4, 0.5) is 0 Å². The van der Waals surface area contributed by atoms with Crippen LogP contribution < -0.4 is 11.1 Å². The van der Waals surface area contributed by atoms with Gasteiger partial charge in [-0.15, -0.1) is 0 Å². The van der Waals surface area contributed by atoms with Crippen LogP contribution in [0.15, 0.2) is 30.3 Å². The highest BCUT2D eigenvalue weighted by atomic mass is 16.2. The topological polar surface area (TPSA) is 75.4 Å². The highest BCUT2D eigenvalue weighted by molar-refractivity contribution is 5.81. The molecule has 27 heavy (non-hydrogen) atoms. The summed E-state index contributed by atoms with van der Waals surface area (Å²) in [5.74, 6) is 0.211. The molecule has 3 rings (SSSR count). The van der Waals surface area contributed by atoms with E-state index in [0.717, 1.165) is 50.9 Å². The molecule has 5 nitrogen and oxygen atoms in total. The van der Waals surface area contributed by atoms with Crippen LogP contribution in [0.25, 0.3) is 0 Å². The summed E-state index contributed by atoms with van der Waals surface area (Å²) < 4.78 is 0. The number of nitrogens with zero attached hydrogens (tertiary/aromatic N) is 1. The summed E-state index contributed by atoms with van der Waals surface area (Å²) in [6.45, 7) is 4.98. The Balaban J connectivity index is 1.50. The molecule has 1 aromatic rings. The summed E-state index contributed by atoms with van der Waals surface area (Å²) in [5.41, 5.74) is 6.41. The second kappa shape index (κ2) is 8.87. The minimum Gasteiger partial charge on any atom is -0.369 e. The lowest BCUT2D eigenvalue weighted by Crippen LogP contribution is -2.50. The molecule has 1 saturated heterocycles. The molecule has 0 bridgehead atoms. The Morgan fingerprint density at radius 3 is 2.33 bits per heavy atom. The number of hydrogen-bond acceptors (Lipinski definition) is 3. The Bertz CT molecular complexity index is 634. The predicted octanol–water partition coefficient (Wildman–Crippen LogP) is 2.49. The molecule has 0 spiro atoms. The first-order valence-corrected chi connectivity index (χ1v) is 10.3. The van der Waals surface area contributed by atoms with Crippen molar-refractivity contribution in [1.29, 1.82) is 0 Å². The van der Waals surface area contributed by atoms with Gasteiger partial charge in [0.1, 0.15) is 0 Å². The van der Waals surface area contributed by atoms with Crippen LogP contribution in [-0.2, 0) is 16.0 Å². The number of likely N-dealkylation sites (tertiary alicyclic amines) is 1. The standard InChI is InChI=1S/C22H33N3O2/c1-22(21(23)27,16-25-13-5-6-14-25)18-9-11-19(12-10-18)24-20(26)15-17-7-3-2-4-8-17/h2-4,7-8,18-19H,5-6,9-16H2,1H3,(H2,23,27)(H,24,26). The molecule has 1 atom stereocenters. The number of primary amides is 1. The number of nitrogens with one attached hydrogen (secondary N) is 1. The van der Waals surface area contributed by atoms with E-state index < -0.39 is 5.41 Å². The summed E-state index contributed by atoms with van der Waals surface area (Å²) in [6, 6.07) is 10.0. The maximum atomic E-state index is 12.3. The third-order valence-corrected chi connectivity index (χ3v) is 6.51. The molecule has 1 heterocycles. The molecule has 2 amide bonds. The fourth-order valence-electron chi connectivity index (χ4n) is 4.75. The second-order valence-corrected chi connectivity index (χ2v) is 8.54. The zero-order valence-corrected chi connectivity index (χ0v) is 16.5. The van der Waals surface area contributed by atoms with Gasteiger partial charge in [-0.05, 0) is 70.0 Å². The summed E-state index contributed by atoms with van der Waals surface area (Å²) in [4.78, 5) is 27.0. The van der Waals surface area contributed by atoms with Crippen molar-refractivity contribution in [3.8, 4) is 0 Å². The van der Waals surface area contributed by atoms with E-state index in [1.165, 1.54) is 12.8 Å². The minimum atomic E-state index is -0.469. The molecule has 0 radical (unpaired) electrons. The largest absolute Gasteiger partial charge is 0.369 e.